The highest BCUT2D eigenvalue weighted by atomic mass is 19.1. The molecular weight excluding hydrogens is 249 g/mol. The first-order chi connectivity index (χ1) is 9.08. The van der Waals surface area contributed by atoms with Crippen LogP contribution in [0.2, 0.25) is 0 Å². The zero-order chi connectivity index (χ0) is 14.0. The summed E-state index contributed by atoms with van der Waals surface area (Å²) in [6.07, 6.45) is 0.887. The number of hydrogen-bond donors (Lipinski definition) is 1. The second-order valence-electron chi connectivity index (χ2n) is 4.78. The van der Waals surface area contributed by atoms with Crippen molar-refractivity contribution in [3.05, 3.63) is 23.5 Å². The maximum atomic E-state index is 14.1. The van der Waals surface area contributed by atoms with Gasteiger partial charge in [0.15, 0.2) is 11.5 Å². The van der Waals surface area contributed by atoms with E-state index in [9.17, 15) is 4.39 Å². The third kappa shape index (κ3) is 2.67. The minimum Gasteiger partial charge on any atom is -0.493 e. The first-order valence-electron chi connectivity index (χ1n) is 6.37. The summed E-state index contributed by atoms with van der Waals surface area (Å²) < 4.78 is 29.9. The Hall–Kier alpha value is -1.33. The van der Waals surface area contributed by atoms with Crippen molar-refractivity contribution in [1.29, 1.82) is 0 Å². The quantitative estimate of drug-likeness (QED) is 0.911. The smallest absolute Gasteiger partial charge is 0.163 e. The molecule has 1 aromatic rings. The van der Waals surface area contributed by atoms with Gasteiger partial charge in [0.25, 0.3) is 0 Å². The molecule has 0 aromatic heterocycles. The summed E-state index contributed by atoms with van der Waals surface area (Å²) in [6.45, 7) is 2.64. The Morgan fingerprint density at radius 2 is 1.95 bits per heavy atom. The van der Waals surface area contributed by atoms with Gasteiger partial charge in [-0.2, -0.15) is 0 Å². The second-order valence-corrected chi connectivity index (χ2v) is 4.78. The molecular formula is C14H20FNO3. The number of benzene rings is 1. The molecule has 1 aromatic carbocycles. The maximum absolute atomic E-state index is 14.1. The van der Waals surface area contributed by atoms with Crippen LogP contribution in [0.25, 0.3) is 0 Å². The summed E-state index contributed by atoms with van der Waals surface area (Å²) in [5.41, 5.74) is 6.63. The van der Waals surface area contributed by atoms with Crippen LogP contribution in [0.5, 0.6) is 11.5 Å². The Labute approximate surface area is 112 Å². The van der Waals surface area contributed by atoms with Crippen LogP contribution in [-0.4, -0.2) is 26.9 Å². The van der Waals surface area contributed by atoms with E-state index in [-0.39, 0.29) is 17.8 Å². The average Bonchev–Trinajstić information content (AvgIpc) is 2.83. The maximum Gasteiger partial charge on any atom is 0.163 e. The lowest BCUT2D eigenvalue weighted by Gasteiger charge is -2.23. The van der Waals surface area contributed by atoms with Gasteiger partial charge in [0, 0.05) is 30.2 Å². The monoisotopic (exact) mass is 269 g/mol. The Balaban J connectivity index is 2.33. The van der Waals surface area contributed by atoms with Crippen LogP contribution in [-0.2, 0) is 4.74 Å². The first-order valence-corrected chi connectivity index (χ1v) is 6.37. The van der Waals surface area contributed by atoms with Crippen LogP contribution in [0.15, 0.2) is 12.1 Å². The van der Waals surface area contributed by atoms with E-state index in [1.165, 1.54) is 20.3 Å². The molecule has 1 fully saturated rings. The molecule has 2 rings (SSSR count). The normalized spacial score (nSPS) is 24.3. The summed E-state index contributed by atoms with van der Waals surface area (Å²) in [4.78, 5) is 0. The van der Waals surface area contributed by atoms with Gasteiger partial charge in [0.1, 0.15) is 5.82 Å². The average molecular weight is 269 g/mol. The molecule has 0 bridgehead atoms. The second kappa shape index (κ2) is 5.75. The number of methoxy groups -OCH3 is 2. The molecule has 1 saturated heterocycles. The van der Waals surface area contributed by atoms with Gasteiger partial charge < -0.3 is 19.9 Å². The fourth-order valence-electron chi connectivity index (χ4n) is 2.58. The predicted octanol–water partition coefficient (Wildman–Crippen LogP) is 2.27. The molecule has 3 unspecified atom stereocenters. The Bertz CT molecular complexity index is 453. The van der Waals surface area contributed by atoms with E-state index in [0.29, 0.717) is 23.7 Å². The number of ether oxygens (including phenoxy) is 3. The summed E-state index contributed by atoms with van der Waals surface area (Å²) in [7, 11) is 3.00. The molecule has 106 valence electrons. The van der Waals surface area contributed by atoms with E-state index in [1.54, 1.807) is 6.07 Å². The summed E-state index contributed by atoms with van der Waals surface area (Å²) >= 11 is 0. The van der Waals surface area contributed by atoms with Crippen molar-refractivity contribution < 1.29 is 18.6 Å². The Morgan fingerprint density at radius 3 is 2.47 bits per heavy atom. The molecule has 0 radical (unpaired) electrons. The lowest BCUT2D eigenvalue weighted by Crippen LogP contribution is -2.27. The summed E-state index contributed by atoms with van der Waals surface area (Å²) in [6, 6.07) is 2.52. The van der Waals surface area contributed by atoms with Crippen LogP contribution in [0.1, 0.15) is 24.9 Å². The SMILES string of the molecule is COc1cc(F)c(C(N)C2CCOC2C)cc1OC. The largest absolute Gasteiger partial charge is 0.493 e. The van der Waals surface area contributed by atoms with E-state index < -0.39 is 6.04 Å². The molecule has 0 saturated carbocycles. The van der Waals surface area contributed by atoms with Crippen molar-refractivity contribution in [2.24, 2.45) is 11.7 Å². The van der Waals surface area contributed by atoms with Gasteiger partial charge in [-0.1, -0.05) is 0 Å². The Kier molecular flexibility index (Phi) is 4.27. The highest BCUT2D eigenvalue weighted by Crippen LogP contribution is 2.37. The fourth-order valence-corrected chi connectivity index (χ4v) is 2.58. The molecule has 1 aliphatic heterocycles. The van der Waals surface area contributed by atoms with E-state index in [4.69, 9.17) is 19.9 Å². The molecule has 4 nitrogen and oxygen atoms in total. The molecule has 0 aliphatic carbocycles. The molecule has 5 heteroatoms. The topological polar surface area (TPSA) is 53.7 Å². The standard InChI is InChI=1S/C14H20FNO3/c1-8-9(4-5-19-8)14(16)10-6-12(17-2)13(18-3)7-11(10)15/h6-9,14H,4-5,16H2,1-3H3. The van der Waals surface area contributed by atoms with Crippen molar-refractivity contribution >= 4 is 0 Å². The minimum atomic E-state index is -0.405. The van der Waals surface area contributed by atoms with Crippen molar-refractivity contribution in [3.8, 4) is 11.5 Å². The van der Waals surface area contributed by atoms with Gasteiger partial charge in [-0.05, 0) is 19.4 Å². The van der Waals surface area contributed by atoms with Gasteiger partial charge in [-0.25, -0.2) is 4.39 Å². The van der Waals surface area contributed by atoms with E-state index in [2.05, 4.69) is 0 Å². The number of rotatable bonds is 4. The first kappa shape index (κ1) is 14.1. The van der Waals surface area contributed by atoms with Crippen LogP contribution in [0.3, 0.4) is 0 Å². The zero-order valence-electron chi connectivity index (χ0n) is 11.5. The van der Waals surface area contributed by atoms with Crippen LogP contribution in [0.4, 0.5) is 4.39 Å². The van der Waals surface area contributed by atoms with Gasteiger partial charge in [0.05, 0.1) is 20.3 Å². The van der Waals surface area contributed by atoms with Gasteiger partial charge in [-0.15, -0.1) is 0 Å². The highest BCUT2D eigenvalue weighted by molar-refractivity contribution is 5.44. The lowest BCUT2D eigenvalue weighted by atomic mass is 9.88. The molecule has 3 atom stereocenters. The van der Waals surface area contributed by atoms with Crippen molar-refractivity contribution in [2.75, 3.05) is 20.8 Å². The number of nitrogens with two attached hydrogens (primary N) is 1. The summed E-state index contributed by atoms with van der Waals surface area (Å²) in [5, 5.41) is 0. The van der Waals surface area contributed by atoms with Crippen LogP contribution in [0, 0.1) is 11.7 Å². The van der Waals surface area contributed by atoms with E-state index >= 15 is 0 Å². The van der Waals surface area contributed by atoms with Crippen molar-refractivity contribution in [2.45, 2.75) is 25.5 Å². The predicted molar refractivity (Wildman–Crippen MR) is 70.0 cm³/mol. The van der Waals surface area contributed by atoms with Crippen LogP contribution >= 0.6 is 0 Å². The molecule has 19 heavy (non-hydrogen) atoms. The molecule has 1 heterocycles. The van der Waals surface area contributed by atoms with Crippen LogP contribution < -0.4 is 15.2 Å². The van der Waals surface area contributed by atoms with Gasteiger partial charge in [0.2, 0.25) is 0 Å². The third-order valence-corrected chi connectivity index (χ3v) is 3.76. The minimum absolute atomic E-state index is 0.0440. The molecule has 2 N–H and O–H groups in total. The van der Waals surface area contributed by atoms with Gasteiger partial charge >= 0.3 is 0 Å². The Morgan fingerprint density at radius 1 is 1.32 bits per heavy atom. The highest BCUT2D eigenvalue weighted by Gasteiger charge is 2.32. The third-order valence-electron chi connectivity index (χ3n) is 3.76. The van der Waals surface area contributed by atoms with Gasteiger partial charge in [-0.3, -0.25) is 0 Å². The lowest BCUT2D eigenvalue weighted by molar-refractivity contribution is 0.0991. The number of hydrogen-bond acceptors (Lipinski definition) is 4. The van der Waals surface area contributed by atoms with Crippen molar-refractivity contribution in [1.82, 2.24) is 0 Å². The molecule has 1 aliphatic rings. The van der Waals surface area contributed by atoms with Crippen molar-refractivity contribution in [3.63, 3.8) is 0 Å². The number of halogens is 1. The molecule has 0 spiro atoms. The van der Waals surface area contributed by atoms with E-state index in [0.717, 1.165) is 6.42 Å². The van der Waals surface area contributed by atoms with E-state index in [1.807, 2.05) is 6.92 Å². The summed E-state index contributed by atoms with van der Waals surface area (Å²) in [5.74, 6) is 0.601. The fraction of sp³-hybridized carbons (Fsp3) is 0.571. The molecule has 0 amide bonds. The zero-order valence-corrected chi connectivity index (χ0v) is 11.5.